The van der Waals surface area contributed by atoms with Gasteiger partial charge in [0, 0.05) is 44.1 Å². The number of rotatable bonds is 6. The van der Waals surface area contributed by atoms with E-state index in [-0.39, 0.29) is 22.3 Å². The minimum atomic E-state index is -4.56. The molecule has 0 atom stereocenters. The lowest BCUT2D eigenvalue weighted by Crippen LogP contribution is -2.49. The first-order valence-corrected chi connectivity index (χ1v) is 11.3. The first-order chi connectivity index (χ1) is 15.7. The molecule has 0 aromatic heterocycles. The molecule has 2 aromatic carbocycles. The highest BCUT2D eigenvalue weighted by molar-refractivity contribution is 7.99. The summed E-state index contributed by atoms with van der Waals surface area (Å²) in [4.78, 5) is 27.7. The molecule has 0 radical (unpaired) electrons. The maximum Gasteiger partial charge on any atom is 0.417 e. The molecular formula is C24H25F3N2O3S. The van der Waals surface area contributed by atoms with Crippen molar-refractivity contribution >= 4 is 29.7 Å². The second-order valence-electron chi connectivity index (χ2n) is 7.40. The number of para-hydroxylation sites is 1. The molecule has 2 aromatic rings. The van der Waals surface area contributed by atoms with Gasteiger partial charge in [-0.05, 0) is 42.8 Å². The van der Waals surface area contributed by atoms with E-state index in [2.05, 4.69) is 0 Å². The summed E-state index contributed by atoms with van der Waals surface area (Å²) in [6.07, 6.45) is -1.90. The topological polar surface area (TPSA) is 49.9 Å². The Kier molecular flexibility index (Phi) is 8.07. The lowest BCUT2D eigenvalue weighted by molar-refractivity contribution is -0.139. The Morgan fingerprint density at radius 3 is 2.33 bits per heavy atom. The Bertz CT molecular complexity index is 1030. The van der Waals surface area contributed by atoms with Crippen molar-refractivity contribution in [2.45, 2.75) is 29.8 Å². The van der Waals surface area contributed by atoms with Crippen molar-refractivity contribution < 1.29 is 27.5 Å². The fourth-order valence-electron chi connectivity index (χ4n) is 3.40. The maximum absolute atomic E-state index is 13.8. The summed E-state index contributed by atoms with van der Waals surface area (Å²) in [7, 11) is 0. The summed E-state index contributed by atoms with van der Waals surface area (Å²) in [6.45, 7) is 5.38. The van der Waals surface area contributed by atoms with Gasteiger partial charge in [-0.2, -0.15) is 13.2 Å². The van der Waals surface area contributed by atoms with Crippen LogP contribution in [-0.2, 0) is 15.8 Å². The van der Waals surface area contributed by atoms with Crippen LogP contribution in [0.5, 0.6) is 5.75 Å². The van der Waals surface area contributed by atoms with Crippen LogP contribution in [0, 0.1) is 0 Å². The van der Waals surface area contributed by atoms with Crippen molar-refractivity contribution in [1.29, 1.82) is 0 Å². The Labute approximate surface area is 195 Å². The predicted octanol–water partition coefficient (Wildman–Crippen LogP) is 4.96. The minimum Gasteiger partial charge on any atom is -0.493 e. The van der Waals surface area contributed by atoms with Gasteiger partial charge in [-0.15, -0.1) is 0 Å². The van der Waals surface area contributed by atoms with Crippen molar-refractivity contribution in [3.8, 4) is 5.75 Å². The van der Waals surface area contributed by atoms with E-state index < -0.39 is 11.7 Å². The van der Waals surface area contributed by atoms with Crippen molar-refractivity contribution in [2.75, 3.05) is 32.8 Å². The van der Waals surface area contributed by atoms with Crippen LogP contribution in [-0.4, -0.2) is 54.4 Å². The average Bonchev–Trinajstić information content (AvgIpc) is 2.79. The van der Waals surface area contributed by atoms with Crippen LogP contribution in [0.2, 0.25) is 0 Å². The van der Waals surface area contributed by atoms with Gasteiger partial charge in [0.2, 0.25) is 11.8 Å². The SMILES string of the molecule is CCOc1ccccc1Sc1ccc(/C=C/C(=O)N2CCN(C(C)=O)CC2)cc1C(F)(F)F. The van der Waals surface area contributed by atoms with E-state index in [4.69, 9.17) is 4.74 Å². The molecule has 33 heavy (non-hydrogen) atoms. The quantitative estimate of drug-likeness (QED) is 0.551. The van der Waals surface area contributed by atoms with Crippen LogP contribution in [0.4, 0.5) is 13.2 Å². The fraction of sp³-hybridized carbons (Fsp3) is 0.333. The number of nitrogens with zero attached hydrogens (tertiary/aromatic N) is 2. The zero-order chi connectivity index (χ0) is 24.0. The molecule has 1 saturated heterocycles. The van der Waals surface area contributed by atoms with Crippen molar-refractivity contribution in [1.82, 2.24) is 9.80 Å². The van der Waals surface area contributed by atoms with E-state index in [1.165, 1.54) is 25.1 Å². The number of piperazine rings is 1. The van der Waals surface area contributed by atoms with E-state index in [1.54, 1.807) is 40.1 Å². The molecule has 1 fully saturated rings. The summed E-state index contributed by atoms with van der Waals surface area (Å²) in [5, 5.41) is 0. The number of alkyl halides is 3. The van der Waals surface area contributed by atoms with Crippen molar-refractivity contribution in [2.24, 2.45) is 0 Å². The normalized spacial score (nSPS) is 14.6. The standard InChI is InChI=1S/C24H25F3N2O3S/c1-3-32-20-6-4-5-7-22(20)33-21-10-8-18(16-19(21)24(25,26)27)9-11-23(31)29-14-12-28(13-15-29)17(2)30/h4-11,16H,3,12-15H2,1-2H3/b11-9+. The van der Waals surface area contributed by atoms with Crippen LogP contribution in [0.3, 0.4) is 0 Å². The predicted molar refractivity (Wildman–Crippen MR) is 121 cm³/mol. The molecular weight excluding hydrogens is 453 g/mol. The van der Waals surface area contributed by atoms with Gasteiger partial charge in [0.15, 0.2) is 0 Å². The third-order valence-electron chi connectivity index (χ3n) is 5.13. The van der Waals surface area contributed by atoms with Gasteiger partial charge >= 0.3 is 6.18 Å². The highest BCUT2D eigenvalue weighted by Crippen LogP contribution is 2.42. The third kappa shape index (κ3) is 6.54. The molecule has 2 amide bonds. The molecule has 0 unspecified atom stereocenters. The third-order valence-corrected chi connectivity index (χ3v) is 6.27. The molecule has 9 heteroatoms. The Balaban J connectivity index is 1.77. The zero-order valence-corrected chi connectivity index (χ0v) is 19.2. The van der Waals surface area contributed by atoms with Gasteiger partial charge in [0.1, 0.15) is 5.75 Å². The van der Waals surface area contributed by atoms with Gasteiger partial charge in [-0.25, -0.2) is 0 Å². The highest BCUT2D eigenvalue weighted by atomic mass is 32.2. The summed E-state index contributed by atoms with van der Waals surface area (Å²) in [5.74, 6) is 0.188. The molecule has 176 valence electrons. The van der Waals surface area contributed by atoms with E-state index in [0.29, 0.717) is 43.4 Å². The molecule has 5 nitrogen and oxygen atoms in total. The number of halogens is 3. The molecule has 1 aliphatic heterocycles. The van der Waals surface area contributed by atoms with Crippen LogP contribution >= 0.6 is 11.8 Å². The number of carbonyl (C=O) groups excluding carboxylic acids is 2. The first kappa shape index (κ1) is 24.7. The van der Waals surface area contributed by atoms with Crippen molar-refractivity contribution in [3.63, 3.8) is 0 Å². The maximum atomic E-state index is 13.8. The molecule has 1 heterocycles. The molecule has 3 rings (SSSR count). The van der Waals surface area contributed by atoms with Gasteiger partial charge in [-0.3, -0.25) is 9.59 Å². The molecule has 0 saturated carbocycles. The van der Waals surface area contributed by atoms with Gasteiger partial charge in [-0.1, -0.05) is 30.0 Å². The van der Waals surface area contributed by atoms with Gasteiger partial charge < -0.3 is 14.5 Å². The molecule has 0 bridgehead atoms. The second kappa shape index (κ2) is 10.8. The smallest absolute Gasteiger partial charge is 0.417 e. The minimum absolute atomic E-state index is 0.0424. The molecule has 0 N–H and O–H groups in total. The van der Waals surface area contributed by atoms with Crippen LogP contribution in [0.1, 0.15) is 25.0 Å². The molecule has 0 aliphatic carbocycles. The van der Waals surface area contributed by atoms with Gasteiger partial charge in [0.25, 0.3) is 0 Å². The van der Waals surface area contributed by atoms with Crippen LogP contribution < -0.4 is 4.74 Å². The van der Waals surface area contributed by atoms with Crippen LogP contribution in [0.25, 0.3) is 6.08 Å². The first-order valence-electron chi connectivity index (χ1n) is 10.5. The zero-order valence-electron chi connectivity index (χ0n) is 18.4. The summed E-state index contributed by atoms with van der Waals surface area (Å²) < 4.78 is 46.9. The highest BCUT2D eigenvalue weighted by Gasteiger charge is 2.34. The molecule has 1 aliphatic rings. The van der Waals surface area contributed by atoms with E-state index in [9.17, 15) is 22.8 Å². The lowest BCUT2D eigenvalue weighted by Gasteiger charge is -2.33. The van der Waals surface area contributed by atoms with E-state index in [1.807, 2.05) is 6.92 Å². The van der Waals surface area contributed by atoms with Gasteiger partial charge in [0.05, 0.1) is 17.1 Å². The number of amides is 2. The number of carbonyl (C=O) groups is 2. The second-order valence-corrected chi connectivity index (χ2v) is 8.48. The number of hydrogen-bond donors (Lipinski definition) is 0. The van der Waals surface area contributed by atoms with Crippen LogP contribution in [0.15, 0.2) is 58.3 Å². The monoisotopic (exact) mass is 478 g/mol. The number of ether oxygens (including phenoxy) is 1. The lowest BCUT2D eigenvalue weighted by atomic mass is 10.1. The van der Waals surface area contributed by atoms with Crippen molar-refractivity contribution in [3.05, 3.63) is 59.7 Å². The Morgan fingerprint density at radius 1 is 1.03 bits per heavy atom. The number of benzene rings is 2. The largest absolute Gasteiger partial charge is 0.493 e. The summed E-state index contributed by atoms with van der Waals surface area (Å²) in [5.41, 5.74) is -0.496. The summed E-state index contributed by atoms with van der Waals surface area (Å²) >= 11 is 0.990. The summed E-state index contributed by atoms with van der Waals surface area (Å²) in [6, 6.07) is 11.0. The molecule has 0 spiro atoms. The number of hydrogen-bond acceptors (Lipinski definition) is 4. The van der Waals surface area contributed by atoms with E-state index >= 15 is 0 Å². The Hall–Kier alpha value is -2.94. The fourth-order valence-corrected chi connectivity index (χ4v) is 4.44. The average molecular weight is 479 g/mol. The Morgan fingerprint density at radius 2 is 1.70 bits per heavy atom. The van der Waals surface area contributed by atoms with E-state index in [0.717, 1.165) is 17.8 Å².